The lowest BCUT2D eigenvalue weighted by Crippen LogP contribution is -2.48. The van der Waals surface area contributed by atoms with Gasteiger partial charge in [-0.25, -0.2) is 4.79 Å². The van der Waals surface area contributed by atoms with Gasteiger partial charge in [0.2, 0.25) is 0 Å². The topological polar surface area (TPSA) is 100 Å². The molecule has 0 radical (unpaired) electrons. The zero-order valence-corrected chi connectivity index (χ0v) is 17.7. The van der Waals surface area contributed by atoms with Crippen molar-refractivity contribution in [2.75, 3.05) is 20.3 Å². The summed E-state index contributed by atoms with van der Waals surface area (Å²) >= 11 is 0. The number of hydrogen-bond acceptors (Lipinski definition) is 5. The third kappa shape index (κ3) is 6.07. The van der Waals surface area contributed by atoms with Gasteiger partial charge in [0.05, 0.1) is 32.0 Å². The molecule has 166 valence electrons. The van der Waals surface area contributed by atoms with Gasteiger partial charge in [0, 0.05) is 12.6 Å². The molecular formula is C24H30N2O5. The first-order valence-corrected chi connectivity index (χ1v) is 10.4. The molecule has 0 saturated heterocycles. The van der Waals surface area contributed by atoms with E-state index in [2.05, 4.69) is 17.2 Å². The maximum absolute atomic E-state index is 11.3. The molecule has 0 aliphatic heterocycles. The number of aliphatic hydroxyl groups is 1. The molecule has 4 atom stereocenters. The zero-order valence-electron chi connectivity index (χ0n) is 17.7. The zero-order chi connectivity index (χ0) is 22.2. The molecule has 0 heterocycles. The number of hydrogen-bond donors (Lipinski definition) is 4. The number of nitrogens with one attached hydrogen (secondary N) is 2. The molecule has 0 bridgehead atoms. The number of methoxy groups -OCH3 is 1. The minimum Gasteiger partial charge on any atom is -0.497 e. The van der Waals surface area contributed by atoms with Crippen LogP contribution in [0.3, 0.4) is 0 Å². The highest BCUT2D eigenvalue weighted by Crippen LogP contribution is 2.42. The largest absolute Gasteiger partial charge is 0.497 e. The summed E-state index contributed by atoms with van der Waals surface area (Å²) in [4.78, 5) is 11.3. The summed E-state index contributed by atoms with van der Waals surface area (Å²) in [6.07, 6.45) is 0.687. The Bertz CT molecular complexity index is 874. The number of benzene rings is 2. The molecule has 3 rings (SSSR count). The van der Waals surface area contributed by atoms with Crippen LogP contribution >= 0.6 is 0 Å². The van der Waals surface area contributed by atoms with E-state index in [0.29, 0.717) is 19.4 Å². The maximum Gasteiger partial charge on any atom is 0.404 e. The van der Waals surface area contributed by atoms with Crippen molar-refractivity contribution in [2.45, 2.75) is 37.1 Å². The summed E-state index contributed by atoms with van der Waals surface area (Å²) in [6.45, 7) is 4.39. The number of amides is 1. The number of ether oxygens (including phenoxy) is 2. The van der Waals surface area contributed by atoms with E-state index < -0.39 is 18.2 Å². The molecule has 1 aliphatic rings. The lowest BCUT2D eigenvalue weighted by atomic mass is 10.0. The fourth-order valence-electron chi connectivity index (χ4n) is 3.99. The predicted octanol–water partition coefficient (Wildman–Crippen LogP) is 3.21. The lowest BCUT2D eigenvalue weighted by molar-refractivity contribution is 0.0672. The van der Waals surface area contributed by atoms with Gasteiger partial charge in [-0.15, -0.1) is 6.58 Å². The van der Waals surface area contributed by atoms with Crippen LogP contribution in [0.4, 0.5) is 4.79 Å². The first-order valence-electron chi connectivity index (χ1n) is 10.4. The normalized spacial score (nSPS) is 19.3. The summed E-state index contributed by atoms with van der Waals surface area (Å²) < 4.78 is 11.3. The Morgan fingerprint density at radius 3 is 2.71 bits per heavy atom. The van der Waals surface area contributed by atoms with Crippen molar-refractivity contribution in [1.82, 2.24) is 10.6 Å². The van der Waals surface area contributed by atoms with Crippen molar-refractivity contribution in [1.29, 1.82) is 0 Å². The van der Waals surface area contributed by atoms with Crippen molar-refractivity contribution in [3.63, 3.8) is 0 Å². The minimum atomic E-state index is -1.16. The number of aliphatic hydroxyl groups excluding tert-OH is 1. The van der Waals surface area contributed by atoms with Crippen molar-refractivity contribution < 1.29 is 24.5 Å². The van der Waals surface area contributed by atoms with Crippen molar-refractivity contribution >= 4 is 6.09 Å². The standard InChI is InChI=1S/C24H30N2O5/c1-3-11-31-23-14-20(19-13-17(30-2)9-10-18(19)23)25-15-22(27)21(26-24(28)29)12-16-7-5-4-6-8-16/h3-10,13,20-23,25-27H,1,11-12,14-15H2,2H3,(H,28,29)/t20-,21-,22+,23+/m0/s1. The Morgan fingerprint density at radius 2 is 2.03 bits per heavy atom. The Kier molecular flexibility index (Phi) is 8.06. The average molecular weight is 427 g/mol. The molecule has 1 aliphatic carbocycles. The first-order chi connectivity index (χ1) is 15.0. The third-order valence-corrected chi connectivity index (χ3v) is 5.53. The van der Waals surface area contributed by atoms with Gasteiger partial charge in [-0.3, -0.25) is 0 Å². The highest BCUT2D eigenvalue weighted by atomic mass is 16.5. The van der Waals surface area contributed by atoms with Crippen molar-refractivity contribution in [3.8, 4) is 5.75 Å². The predicted molar refractivity (Wildman–Crippen MR) is 118 cm³/mol. The second-order valence-corrected chi connectivity index (χ2v) is 7.62. The maximum atomic E-state index is 11.3. The number of rotatable bonds is 11. The summed E-state index contributed by atoms with van der Waals surface area (Å²) in [5.41, 5.74) is 3.10. The Morgan fingerprint density at radius 1 is 1.26 bits per heavy atom. The molecule has 1 amide bonds. The molecular weight excluding hydrogens is 396 g/mol. The monoisotopic (exact) mass is 426 g/mol. The molecule has 4 N–H and O–H groups in total. The summed E-state index contributed by atoms with van der Waals surface area (Å²) in [5, 5.41) is 25.8. The highest BCUT2D eigenvalue weighted by Gasteiger charge is 2.33. The van der Waals surface area contributed by atoms with E-state index in [-0.39, 0.29) is 18.7 Å². The van der Waals surface area contributed by atoms with Crippen molar-refractivity contribution in [3.05, 3.63) is 77.9 Å². The van der Waals surface area contributed by atoms with E-state index in [1.165, 1.54) is 0 Å². The molecule has 31 heavy (non-hydrogen) atoms. The van der Waals surface area contributed by atoms with E-state index in [0.717, 1.165) is 22.4 Å². The molecule has 0 fully saturated rings. The molecule has 0 unspecified atom stereocenters. The first kappa shape index (κ1) is 22.8. The second kappa shape index (κ2) is 10.9. The lowest BCUT2D eigenvalue weighted by Gasteiger charge is -2.25. The fourth-order valence-corrected chi connectivity index (χ4v) is 3.99. The average Bonchev–Trinajstić information content (AvgIpc) is 3.12. The van der Waals surface area contributed by atoms with Crippen molar-refractivity contribution in [2.24, 2.45) is 0 Å². The molecule has 0 saturated carbocycles. The van der Waals surface area contributed by atoms with Gasteiger partial charge >= 0.3 is 6.09 Å². The van der Waals surface area contributed by atoms with E-state index in [4.69, 9.17) is 9.47 Å². The van der Waals surface area contributed by atoms with Gasteiger partial charge < -0.3 is 30.3 Å². The van der Waals surface area contributed by atoms with Crippen LogP contribution in [0.25, 0.3) is 0 Å². The van der Waals surface area contributed by atoms with Gasteiger partial charge in [-0.05, 0) is 41.7 Å². The molecule has 7 heteroatoms. The number of carboxylic acid groups (broad SMARTS) is 1. The van der Waals surface area contributed by atoms with Crippen LogP contribution in [0, 0.1) is 0 Å². The molecule has 2 aromatic carbocycles. The summed E-state index contributed by atoms with van der Waals surface area (Å²) in [6, 6.07) is 14.7. The van der Waals surface area contributed by atoms with Gasteiger partial charge in [0.1, 0.15) is 5.75 Å². The van der Waals surface area contributed by atoms with Crippen LogP contribution < -0.4 is 15.4 Å². The molecule has 7 nitrogen and oxygen atoms in total. The molecule has 0 aromatic heterocycles. The van der Waals surface area contributed by atoms with Crippen LogP contribution in [0.2, 0.25) is 0 Å². The van der Waals surface area contributed by atoms with E-state index in [1.807, 2.05) is 48.5 Å². The Balaban J connectivity index is 1.69. The van der Waals surface area contributed by atoms with Gasteiger partial charge in [0.25, 0.3) is 0 Å². The Hall–Kier alpha value is -2.87. The van der Waals surface area contributed by atoms with E-state index in [9.17, 15) is 15.0 Å². The smallest absolute Gasteiger partial charge is 0.404 e. The SMILES string of the molecule is C=CCO[C@@H]1C[C@H](NC[C@@H](O)[C@H](Cc2ccccc2)NC(=O)O)c2cc(OC)ccc21. The Labute approximate surface area is 182 Å². The van der Waals surface area contributed by atoms with E-state index in [1.54, 1.807) is 13.2 Å². The number of carbonyl (C=O) groups is 1. The third-order valence-electron chi connectivity index (χ3n) is 5.53. The fraction of sp³-hybridized carbons (Fsp3) is 0.375. The van der Waals surface area contributed by atoms with E-state index >= 15 is 0 Å². The minimum absolute atomic E-state index is 0.0447. The second-order valence-electron chi connectivity index (χ2n) is 7.62. The van der Waals surface area contributed by atoms with Gasteiger partial charge in [-0.2, -0.15) is 0 Å². The summed E-state index contributed by atoms with van der Waals surface area (Å²) in [7, 11) is 1.63. The van der Waals surface area contributed by atoms with Gasteiger partial charge in [-0.1, -0.05) is 42.5 Å². The number of fused-ring (bicyclic) bond motifs is 1. The van der Waals surface area contributed by atoms with Crippen LogP contribution in [0.5, 0.6) is 5.75 Å². The molecule has 0 spiro atoms. The van der Waals surface area contributed by atoms with Crippen LogP contribution in [0.15, 0.2) is 61.2 Å². The van der Waals surface area contributed by atoms with Crippen LogP contribution in [-0.4, -0.2) is 48.7 Å². The summed E-state index contributed by atoms with van der Waals surface area (Å²) in [5.74, 6) is 0.755. The van der Waals surface area contributed by atoms with Gasteiger partial charge in [0.15, 0.2) is 0 Å². The molecule has 2 aromatic rings. The van der Waals surface area contributed by atoms with Crippen LogP contribution in [0.1, 0.15) is 35.3 Å². The highest BCUT2D eigenvalue weighted by molar-refractivity contribution is 5.65. The quantitative estimate of drug-likeness (QED) is 0.412. The van der Waals surface area contributed by atoms with Crippen LogP contribution in [-0.2, 0) is 11.2 Å².